The van der Waals surface area contributed by atoms with E-state index in [1.165, 1.54) is 0 Å². The number of anilines is 1. The molecule has 0 bridgehead atoms. The standard InChI is InChI=1S/C17H20N2O2S/c1-3-18-17(22)19(12-13-8-4-6-10-15(13)20)14-9-5-7-11-16(14)21-2/h4-11,20H,3,12H2,1-2H3,(H,18,22). The number of aromatic hydroxyl groups is 1. The highest BCUT2D eigenvalue weighted by Crippen LogP contribution is 2.30. The molecule has 22 heavy (non-hydrogen) atoms. The minimum atomic E-state index is 0.252. The van der Waals surface area contributed by atoms with Gasteiger partial charge in [0.2, 0.25) is 0 Å². The summed E-state index contributed by atoms with van der Waals surface area (Å²) in [5, 5.41) is 13.8. The Labute approximate surface area is 136 Å². The van der Waals surface area contributed by atoms with Gasteiger partial charge in [0.1, 0.15) is 11.5 Å². The first-order chi connectivity index (χ1) is 10.7. The Morgan fingerprint density at radius 1 is 1.18 bits per heavy atom. The van der Waals surface area contributed by atoms with Crippen molar-refractivity contribution in [3.8, 4) is 11.5 Å². The Morgan fingerprint density at radius 2 is 1.86 bits per heavy atom. The molecule has 5 heteroatoms. The molecule has 0 aliphatic carbocycles. The predicted octanol–water partition coefficient (Wildman–Crippen LogP) is 3.30. The van der Waals surface area contributed by atoms with Gasteiger partial charge in [-0.1, -0.05) is 30.3 Å². The molecule has 0 spiro atoms. The lowest BCUT2D eigenvalue weighted by molar-refractivity contribution is 0.415. The quantitative estimate of drug-likeness (QED) is 0.829. The second-order valence-corrected chi connectivity index (χ2v) is 5.11. The van der Waals surface area contributed by atoms with E-state index in [4.69, 9.17) is 17.0 Å². The van der Waals surface area contributed by atoms with E-state index >= 15 is 0 Å². The summed E-state index contributed by atoms with van der Waals surface area (Å²) >= 11 is 5.48. The van der Waals surface area contributed by atoms with Crippen molar-refractivity contribution in [3.05, 3.63) is 54.1 Å². The first-order valence-electron chi connectivity index (χ1n) is 7.12. The normalized spacial score (nSPS) is 10.1. The summed E-state index contributed by atoms with van der Waals surface area (Å²) in [4.78, 5) is 1.92. The van der Waals surface area contributed by atoms with Crippen LogP contribution in [-0.4, -0.2) is 23.9 Å². The molecule has 0 saturated carbocycles. The molecular formula is C17H20N2O2S. The van der Waals surface area contributed by atoms with E-state index in [-0.39, 0.29) is 5.75 Å². The van der Waals surface area contributed by atoms with Crippen LogP contribution in [0.1, 0.15) is 12.5 Å². The van der Waals surface area contributed by atoms with Crippen molar-refractivity contribution in [1.82, 2.24) is 5.32 Å². The first kappa shape index (κ1) is 16.1. The molecule has 116 valence electrons. The van der Waals surface area contributed by atoms with Crippen LogP contribution in [0, 0.1) is 0 Å². The zero-order chi connectivity index (χ0) is 15.9. The molecule has 0 atom stereocenters. The van der Waals surface area contributed by atoms with Crippen LogP contribution in [0.2, 0.25) is 0 Å². The van der Waals surface area contributed by atoms with Gasteiger partial charge in [-0.05, 0) is 37.3 Å². The summed E-state index contributed by atoms with van der Waals surface area (Å²) in [6.07, 6.45) is 0. The molecule has 0 aromatic heterocycles. The number of hydrogen-bond donors (Lipinski definition) is 2. The van der Waals surface area contributed by atoms with Crippen LogP contribution in [0.15, 0.2) is 48.5 Å². The molecule has 2 rings (SSSR count). The molecule has 0 aliphatic heterocycles. The minimum Gasteiger partial charge on any atom is -0.508 e. The van der Waals surface area contributed by atoms with Crippen molar-refractivity contribution in [2.24, 2.45) is 0 Å². The second-order valence-electron chi connectivity index (χ2n) is 4.72. The van der Waals surface area contributed by atoms with Crippen molar-refractivity contribution < 1.29 is 9.84 Å². The summed E-state index contributed by atoms with van der Waals surface area (Å²) in [5.41, 5.74) is 1.66. The van der Waals surface area contributed by atoms with Gasteiger partial charge in [0, 0.05) is 12.1 Å². The molecule has 0 heterocycles. The molecule has 2 aromatic carbocycles. The summed E-state index contributed by atoms with van der Waals surface area (Å²) in [6.45, 7) is 3.18. The highest BCUT2D eigenvalue weighted by atomic mass is 32.1. The number of phenolic OH excluding ortho intramolecular Hbond substituents is 1. The van der Waals surface area contributed by atoms with Gasteiger partial charge in [-0.25, -0.2) is 0 Å². The van der Waals surface area contributed by atoms with Crippen LogP contribution in [0.5, 0.6) is 11.5 Å². The lowest BCUT2D eigenvalue weighted by atomic mass is 10.1. The molecule has 2 aromatic rings. The molecule has 0 fully saturated rings. The largest absolute Gasteiger partial charge is 0.508 e. The van der Waals surface area contributed by atoms with Gasteiger partial charge in [0.15, 0.2) is 5.11 Å². The van der Waals surface area contributed by atoms with Gasteiger partial charge in [0.05, 0.1) is 19.3 Å². The maximum Gasteiger partial charge on any atom is 0.173 e. The third-order valence-corrected chi connectivity index (χ3v) is 3.63. The monoisotopic (exact) mass is 316 g/mol. The number of thiocarbonyl (C=S) groups is 1. The molecular weight excluding hydrogens is 296 g/mol. The van der Waals surface area contributed by atoms with Gasteiger partial charge in [0.25, 0.3) is 0 Å². The molecule has 0 saturated heterocycles. The van der Waals surface area contributed by atoms with E-state index < -0.39 is 0 Å². The van der Waals surface area contributed by atoms with Crippen molar-refractivity contribution in [3.63, 3.8) is 0 Å². The van der Waals surface area contributed by atoms with E-state index in [2.05, 4.69) is 5.32 Å². The molecule has 0 amide bonds. The number of rotatable bonds is 5. The smallest absolute Gasteiger partial charge is 0.173 e. The fourth-order valence-electron chi connectivity index (χ4n) is 2.18. The van der Waals surface area contributed by atoms with Gasteiger partial charge in [-0.3, -0.25) is 0 Å². The van der Waals surface area contributed by atoms with Crippen LogP contribution in [0.4, 0.5) is 5.69 Å². The summed E-state index contributed by atoms with van der Waals surface area (Å²) < 4.78 is 5.43. The lowest BCUT2D eigenvalue weighted by Gasteiger charge is -2.27. The Morgan fingerprint density at radius 3 is 2.55 bits per heavy atom. The number of nitrogens with one attached hydrogen (secondary N) is 1. The van der Waals surface area contributed by atoms with Crippen molar-refractivity contribution >= 4 is 23.0 Å². The van der Waals surface area contributed by atoms with Crippen LogP contribution in [0.3, 0.4) is 0 Å². The van der Waals surface area contributed by atoms with Crippen molar-refractivity contribution in [2.75, 3.05) is 18.6 Å². The molecule has 2 N–H and O–H groups in total. The zero-order valence-corrected chi connectivity index (χ0v) is 13.6. The number of para-hydroxylation sites is 3. The Bertz CT molecular complexity index is 646. The van der Waals surface area contributed by atoms with Gasteiger partial charge < -0.3 is 20.1 Å². The Kier molecular flexibility index (Phi) is 5.61. The molecule has 0 unspecified atom stereocenters. The third-order valence-electron chi connectivity index (χ3n) is 3.27. The molecule has 0 radical (unpaired) electrons. The SMILES string of the molecule is CCNC(=S)N(Cc1ccccc1O)c1ccccc1OC. The Balaban J connectivity index is 2.39. The number of hydrogen-bond acceptors (Lipinski definition) is 3. The van der Waals surface area contributed by atoms with Crippen LogP contribution >= 0.6 is 12.2 Å². The zero-order valence-electron chi connectivity index (χ0n) is 12.7. The number of phenols is 1. The Hall–Kier alpha value is -2.27. The topological polar surface area (TPSA) is 44.7 Å². The van der Waals surface area contributed by atoms with Gasteiger partial charge in [-0.15, -0.1) is 0 Å². The van der Waals surface area contributed by atoms with E-state index in [1.807, 2.05) is 48.2 Å². The molecule has 0 aliphatic rings. The summed E-state index contributed by atoms with van der Waals surface area (Å²) in [6, 6.07) is 14.9. The highest BCUT2D eigenvalue weighted by molar-refractivity contribution is 7.80. The number of nitrogens with zero attached hydrogens (tertiary/aromatic N) is 1. The predicted molar refractivity (Wildman–Crippen MR) is 93.6 cm³/mol. The summed E-state index contributed by atoms with van der Waals surface area (Å²) in [5.74, 6) is 0.986. The number of benzene rings is 2. The van der Waals surface area contributed by atoms with Crippen LogP contribution < -0.4 is 15.0 Å². The first-order valence-corrected chi connectivity index (χ1v) is 7.53. The average molecular weight is 316 g/mol. The maximum absolute atomic E-state index is 10.0. The van der Waals surface area contributed by atoms with E-state index in [0.717, 1.165) is 23.5 Å². The lowest BCUT2D eigenvalue weighted by Crippen LogP contribution is -2.39. The van der Waals surface area contributed by atoms with Gasteiger partial charge >= 0.3 is 0 Å². The van der Waals surface area contributed by atoms with E-state index in [1.54, 1.807) is 19.2 Å². The maximum atomic E-state index is 10.0. The van der Waals surface area contributed by atoms with Crippen molar-refractivity contribution in [1.29, 1.82) is 0 Å². The second kappa shape index (κ2) is 7.66. The molecule has 4 nitrogen and oxygen atoms in total. The van der Waals surface area contributed by atoms with Gasteiger partial charge in [-0.2, -0.15) is 0 Å². The number of methoxy groups -OCH3 is 1. The average Bonchev–Trinajstić information content (AvgIpc) is 2.54. The highest BCUT2D eigenvalue weighted by Gasteiger charge is 2.17. The van der Waals surface area contributed by atoms with E-state index in [9.17, 15) is 5.11 Å². The fraction of sp³-hybridized carbons (Fsp3) is 0.235. The summed E-state index contributed by atoms with van der Waals surface area (Å²) in [7, 11) is 1.63. The van der Waals surface area contributed by atoms with Crippen LogP contribution in [-0.2, 0) is 6.54 Å². The fourth-order valence-corrected chi connectivity index (χ4v) is 2.49. The van der Waals surface area contributed by atoms with E-state index in [0.29, 0.717) is 11.7 Å². The van der Waals surface area contributed by atoms with Crippen molar-refractivity contribution in [2.45, 2.75) is 13.5 Å². The third kappa shape index (κ3) is 3.68. The number of ether oxygens (including phenoxy) is 1. The van der Waals surface area contributed by atoms with Crippen LogP contribution in [0.25, 0.3) is 0 Å². The minimum absolute atomic E-state index is 0.252.